The van der Waals surface area contributed by atoms with E-state index in [9.17, 15) is 0 Å². The third kappa shape index (κ3) is 3.83. The second-order valence-electron chi connectivity index (χ2n) is 6.20. The third-order valence-electron chi connectivity index (χ3n) is 4.42. The molecule has 0 atom stereocenters. The number of aryl methyl sites for hydroxylation is 1. The van der Waals surface area contributed by atoms with Gasteiger partial charge in [-0.3, -0.25) is 0 Å². The highest BCUT2D eigenvalue weighted by atomic mass is 35.5. The number of hydrogen-bond donors (Lipinski definition) is 1. The van der Waals surface area contributed by atoms with Crippen LogP contribution in [0.15, 0.2) is 35.2 Å². The van der Waals surface area contributed by atoms with Crippen molar-refractivity contribution in [3.63, 3.8) is 0 Å². The van der Waals surface area contributed by atoms with E-state index in [0.717, 1.165) is 48.7 Å². The Bertz CT molecular complexity index is 864. The van der Waals surface area contributed by atoms with Gasteiger partial charge in [-0.2, -0.15) is 0 Å². The Morgan fingerprint density at radius 1 is 1.16 bits per heavy atom. The first-order valence-electron chi connectivity index (χ1n) is 8.56. The van der Waals surface area contributed by atoms with Gasteiger partial charge in [-0.25, -0.2) is 15.0 Å². The van der Waals surface area contributed by atoms with Crippen LogP contribution in [0.3, 0.4) is 0 Å². The summed E-state index contributed by atoms with van der Waals surface area (Å²) < 4.78 is 0. The summed E-state index contributed by atoms with van der Waals surface area (Å²) >= 11 is 7.77. The van der Waals surface area contributed by atoms with E-state index in [1.807, 2.05) is 29.8 Å². The Kier molecular flexibility index (Phi) is 4.95. The Morgan fingerprint density at radius 3 is 2.92 bits per heavy atom. The lowest BCUT2D eigenvalue weighted by atomic mass is 9.96. The molecule has 2 heterocycles. The quantitative estimate of drug-likeness (QED) is 0.701. The molecule has 0 spiro atoms. The second kappa shape index (κ2) is 7.50. The van der Waals surface area contributed by atoms with E-state index in [4.69, 9.17) is 21.6 Å². The van der Waals surface area contributed by atoms with Gasteiger partial charge in [-0.15, -0.1) is 11.3 Å². The number of nitrogens with one attached hydrogen (secondary N) is 1. The van der Waals surface area contributed by atoms with Gasteiger partial charge in [0.1, 0.15) is 5.82 Å². The van der Waals surface area contributed by atoms with Crippen LogP contribution in [-0.2, 0) is 19.3 Å². The molecule has 0 amide bonds. The standard InChI is InChI=1S/C19H19ClN4S/c20-14-5-3-4-13(10-14)18-23-17-7-2-1-6-16(17)19(24-18)21-9-8-15-11-25-12-22-15/h3-5,10-12H,1-2,6-9H2,(H,21,23,24). The van der Waals surface area contributed by atoms with Crippen molar-refractivity contribution in [2.45, 2.75) is 32.1 Å². The topological polar surface area (TPSA) is 50.7 Å². The molecule has 4 rings (SSSR count). The lowest BCUT2D eigenvalue weighted by molar-refractivity contribution is 0.664. The average molecular weight is 371 g/mol. The lowest BCUT2D eigenvalue weighted by Gasteiger charge is -2.20. The lowest BCUT2D eigenvalue weighted by Crippen LogP contribution is -2.15. The van der Waals surface area contributed by atoms with Crippen molar-refractivity contribution < 1.29 is 0 Å². The van der Waals surface area contributed by atoms with E-state index < -0.39 is 0 Å². The number of anilines is 1. The average Bonchev–Trinajstić information content (AvgIpc) is 3.15. The molecule has 25 heavy (non-hydrogen) atoms. The maximum atomic E-state index is 6.14. The number of fused-ring (bicyclic) bond motifs is 1. The van der Waals surface area contributed by atoms with Gasteiger partial charge in [0.25, 0.3) is 0 Å². The molecule has 0 saturated carbocycles. The highest BCUT2D eigenvalue weighted by Crippen LogP contribution is 2.29. The van der Waals surface area contributed by atoms with Gasteiger partial charge < -0.3 is 5.32 Å². The number of thiazole rings is 1. The molecule has 2 aromatic heterocycles. The maximum Gasteiger partial charge on any atom is 0.161 e. The summed E-state index contributed by atoms with van der Waals surface area (Å²) in [6, 6.07) is 7.74. The summed E-state index contributed by atoms with van der Waals surface area (Å²) in [7, 11) is 0. The van der Waals surface area contributed by atoms with E-state index in [0.29, 0.717) is 5.02 Å². The summed E-state index contributed by atoms with van der Waals surface area (Å²) in [5.74, 6) is 1.72. The number of aromatic nitrogens is 3. The molecule has 0 bridgehead atoms. The van der Waals surface area contributed by atoms with Crippen LogP contribution in [0.4, 0.5) is 5.82 Å². The van der Waals surface area contributed by atoms with E-state index >= 15 is 0 Å². The number of benzene rings is 1. The summed E-state index contributed by atoms with van der Waals surface area (Å²) in [4.78, 5) is 14.0. The van der Waals surface area contributed by atoms with Crippen molar-refractivity contribution in [3.05, 3.63) is 57.1 Å². The molecule has 0 saturated heterocycles. The minimum Gasteiger partial charge on any atom is -0.369 e. The SMILES string of the molecule is Clc1cccc(-c2nc3c(c(NCCc4cscn4)n2)CCCC3)c1. The number of halogens is 1. The van der Waals surface area contributed by atoms with Crippen LogP contribution in [0.25, 0.3) is 11.4 Å². The highest BCUT2D eigenvalue weighted by Gasteiger charge is 2.18. The molecule has 1 aliphatic carbocycles. The fourth-order valence-electron chi connectivity index (χ4n) is 3.17. The van der Waals surface area contributed by atoms with Gasteiger partial charge in [0.2, 0.25) is 0 Å². The molecular weight excluding hydrogens is 352 g/mol. The molecule has 3 aromatic rings. The Labute approximate surface area is 156 Å². The number of hydrogen-bond acceptors (Lipinski definition) is 5. The van der Waals surface area contributed by atoms with Crippen LogP contribution in [0.1, 0.15) is 29.8 Å². The fraction of sp³-hybridized carbons (Fsp3) is 0.316. The monoisotopic (exact) mass is 370 g/mol. The van der Waals surface area contributed by atoms with Gasteiger partial charge >= 0.3 is 0 Å². The Balaban J connectivity index is 1.62. The maximum absolute atomic E-state index is 6.14. The van der Waals surface area contributed by atoms with Crippen molar-refractivity contribution >= 4 is 28.8 Å². The zero-order valence-corrected chi connectivity index (χ0v) is 15.4. The predicted molar refractivity (Wildman–Crippen MR) is 103 cm³/mol. The Morgan fingerprint density at radius 2 is 2.08 bits per heavy atom. The molecule has 1 N–H and O–H groups in total. The first-order chi connectivity index (χ1) is 12.3. The molecule has 1 aromatic carbocycles. The van der Waals surface area contributed by atoms with Gasteiger partial charge in [-0.05, 0) is 37.8 Å². The van der Waals surface area contributed by atoms with Crippen LogP contribution in [0.5, 0.6) is 0 Å². The normalized spacial score (nSPS) is 13.5. The molecular formula is C19H19ClN4S. The van der Waals surface area contributed by atoms with E-state index in [1.54, 1.807) is 11.3 Å². The van der Waals surface area contributed by atoms with Crippen molar-refractivity contribution in [2.75, 3.05) is 11.9 Å². The zero-order valence-electron chi connectivity index (χ0n) is 13.8. The van der Waals surface area contributed by atoms with Crippen molar-refractivity contribution in [1.82, 2.24) is 15.0 Å². The molecule has 0 radical (unpaired) electrons. The third-order valence-corrected chi connectivity index (χ3v) is 5.29. The van der Waals surface area contributed by atoms with Crippen LogP contribution in [-0.4, -0.2) is 21.5 Å². The van der Waals surface area contributed by atoms with E-state index in [-0.39, 0.29) is 0 Å². The van der Waals surface area contributed by atoms with Crippen molar-refractivity contribution in [3.8, 4) is 11.4 Å². The van der Waals surface area contributed by atoms with E-state index in [2.05, 4.69) is 15.7 Å². The largest absolute Gasteiger partial charge is 0.369 e. The Hall–Kier alpha value is -1.98. The van der Waals surface area contributed by atoms with Crippen LogP contribution < -0.4 is 5.32 Å². The van der Waals surface area contributed by atoms with Crippen molar-refractivity contribution in [2.24, 2.45) is 0 Å². The summed E-state index contributed by atoms with van der Waals surface area (Å²) in [5, 5.41) is 6.31. The fourth-order valence-corrected chi connectivity index (χ4v) is 3.95. The van der Waals surface area contributed by atoms with Crippen LogP contribution in [0.2, 0.25) is 5.02 Å². The van der Waals surface area contributed by atoms with Gasteiger partial charge in [-0.1, -0.05) is 23.7 Å². The first kappa shape index (κ1) is 16.5. The highest BCUT2D eigenvalue weighted by molar-refractivity contribution is 7.07. The minimum atomic E-state index is 0.705. The summed E-state index contributed by atoms with van der Waals surface area (Å²) in [6.07, 6.45) is 5.36. The molecule has 0 aliphatic heterocycles. The smallest absolute Gasteiger partial charge is 0.161 e. The van der Waals surface area contributed by atoms with Crippen LogP contribution >= 0.6 is 22.9 Å². The van der Waals surface area contributed by atoms with Gasteiger partial charge in [0.15, 0.2) is 5.82 Å². The first-order valence-corrected chi connectivity index (χ1v) is 9.88. The minimum absolute atomic E-state index is 0.705. The number of nitrogens with zero attached hydrogens (tertiary/aromatic N) is 3. The molecule has 4 nitrogen and oxygen atoms in total. The van der Waals surface area contributed by atoms with Crippen molar-refractivity contribution in [1.29, 1.82) is 0 Å². The molecule has 0 unspecified atom stereocenters. The summed E-state index contributed by atoms with van der Waals surface area (Å²) in [6.45, 7) is 0.822. The van der Waals surface area contributed by atoms with Gasteiger partial charge in [0.05, 0.1) is 11.2 Å². The van der Waals surface area contributed by atoms with Gasteiger partial charge in [0, 0.05) is 40.2 Å². The zero-order chi connectivity index (χ0) is 17.1. The molecule has 1 aliphatic rings. The van der Waals surface area contributed by atoms with Crippen LogP contribution in [0, 0.1) is 0 Å². The van der Waals surface area contributed by atoms with E-state index in [1.165, 1.54) is 24.1 Å². The molecule has 0 fully saturated rings. The second-order valence-corrected chi connectivity index (χ2v) is 7.35. The molecule has 128 valence electrons. The predicted octanol–water partition coefficient (Wildman–Crippen LogP) is 4.79. The number of rotatable bonds is 5. The summed E-state index contributed by atoms with van der Waals surface area (Å²) in [5.41, 5.74) is 6.40. The molecule has 6 heteroatoms.